The molecule has 0 aliphatic carbocycles. The molecule has 0 aromatic carbocycles. The Hall–Kier alpha value is -1.85. The Bertz CT molecular complexity index is 525. The monoisotopic (exact) mass is 279 g/mol. The molecule has 110 valence electrons. The lowest BCUT2D eigenvalue weighted by atomic mass is 9.96. The summed E-state index contributed by atoms with van der Waals surface area (Å²) in [5.74, 6) is 1.03. The van der Waals surface area contributed by atoms with Gasteiger partial charge in [-0.1, -0.05) is 6.92 Å². The van der Waals surface area contributed by atoms with Crippen molar-refractivity contribution in [3.05, 3.63) is 17.8 Å². The molecule has 1 aliphatic rings. The molecule has 0 radical (unpaired) electrons. The number of nitrogens with one attached hydrogen (secondary N) is 1. The van der Waals surface area contributed by atoms with E-state index in [-0.39, 0.29) is 17.9 Å². The van der Waals surface area contributed by atoms with Gasteiger partial charge in [0.1, 0.15) is 17.3 Å². The Labute approximate surface area is 118 Å². The van der Waals surface area contributed by atoms with Crippen LogP contribution in [0.25, 0.3) is 0 Å². The van der Waals surface area contributed by atoms with Crippen LogP contribution in [0.4, 0.5) is 0 Å². The molecule has 1 aromatic heterocycles. The van der Waals surface area contributed by atoms with Gasteiger partial charge in [-0.3, -0.25) is 9.59 Å². The van der Waals surface area contributed by atoms with Gasteiger partial charge in [-0.05, 0) is 27.2 Å². The lowest BCUT2D eigenvalue weighted by Crippen LogP contribution is -2.55. The van der Waals surface area contributed by atoms with Crippen LogP contribution in [-0.4, -0.2) is 33.8 Å². The second kappa shape index (κ2) is 5.26. The van der Waals surface area contributed by atoms with Gasteiger partial charge in [-0.2, -0.15) is 0 Å². The van der Waals surface area contributed by atoms with Crippen molar-refractivity contribution < 1.29 is 14.0 Å². The predicted molar refractivity (Wildman–Crippen MR) is 72.8 cm³/mol. The average molecular weight is 279 g/mol. The van der Waals surface area contributed by atoms with E-state index in [1.54, 1.807) is 18.0 Å². The number of aryl methyl sites for hydroxylation is 1. The van der Waals surface area contributed by atoms with E-state index in [0.717, 1.165) is 0 Å². The third kappa shape index (κ3) is 2.55. The van der Waals surface area contributed by atoms with Gasteiger partial charge in [-0.15, -0.1) is 0 Å². The van der Waals surface area contributed by atoms with Crippen LogP contribution in [0.1, 0.15) is 51.3 Å². The van der Waals surface area contributed by atoms with Crippen molar-refractivity contribution in [2.75, 3.05) is 6.54 Å². The summed E-state index contributed by atoms with van der Waals surface area (Å²) in [6.45, 7) is 7.72. The third-order valence-corrected chi connectivity index (χ3v) is 3.90. The van der Waals surface area contributed by atoms with E-state index < -0.39 is 5.54 Å². The topological polar surface area (TPSA) is 75.4 Å². The SMILES string of the molecule is CCC1(C)NC(=O)CCN(C(C)c2ncc(C)o2)C1=O. The molecule has 2 amide bonds. The summed E-state index contributed by atoms with van der Waals surface area (Å²) in [6, 6.07) is -0.283. The standard InChI is InChI=1S/C14H21N3O3/c1-5-14(4)13(19)17(7-6-11(18)16-14)10(3)12-15-8-9(2)20-12/h8,10H,5-7H2,1-4H3,(H,16,18). The summed E-state index contributed by atoms with van der Waals surface area (Å²) in [4.78, 5) is 30.3. The molecule has 2 unspecified atom stereocenters. The highest BCUT2D eigenvalue weighted by Crippen LogP contribution is 2.26. The van der Waals surface area contributed by atoms with Crippen LogP contribution in [0, 0.1) is 6.92 Å². The van der Waals surface area contributed by atoms with Crippen molar-refractivity contribution >= 4 is 11.8 Å². The molecule has 0 spiro atoms. The van der Waals surface area contributed by atoms with E-state index in [1.165, 1.54) is 0 Å². The zero-order chi connectivity index (χ0) is 14.9. The number of oxazole rings is 1. The lowest BCUT2D eigenvalue weighted by molar-refractivity contribution is -0.140. The quantitative estimate of drug-likeness (QED) is 0.911. The van der Waals surface area contributed by atoms with Crippen molar-refractivity contribution in [1.29, 1.82) is 0 Å². The van der Waals surface area contributed by atoms with Crippen molar-refractivity contribution in [3.8, 4) is 0 Å². The molecular formula is C14H21N3O3. The predicted octanol–water partition coefficient (Wildman–Crippen LogP) is 1.56. The maximum atomic E-state index is 12.7. The van der Waals surface area contributed by atoms with E-state index in [0.29, 0.717) is 31.0 Å². The molecular weight excluding hydrogens is 258 g/mol. The Kier molecular flexibility index (Phi) is 3.83. The normalized spacial score (nSPS) is 25.3. The summed E-state index contributed by atoms with van der Waals surface area (Å²) < 4.78 is 5.51. The van der Waals surface area contributed by atoms with Gasteiger partial charge in [0.25, 0.3) is 0 Å². The summed E-state index contributed by atoms with van der Waals surface area (Å²) in [6.07, 6.45) is 2.48. The Balaban J connectivity index is 2.29. The minimum absolute atomic E-state index is 0.0887. The highest BCUT2D eigenvalue weighted by molar-refractivity contribution is 5.93. The van der Waals surface area contributed by atoms with Gasteiger partial charge >= 0.3 is 0 Å². The number of rotatable bonds is 3. The molecule has 1 saturated heterocycles. The Morgan fingerprint density at radius 3 is 2.80 bits per heavy atom. The number of hydrogen-bond donors (Lipinski definition) is 1. The van der Waals surface area contributed by atoms with Crippen LogP contribution in [0.2, 0.25) is 0 Å². The summed E-state index contributed by atoms with van der Waals surface area (Å²) in [5.41, 5.74) is -0.858. The maximum Gasteiger partial charge on any atom is 0.248 e. The fourth-order valence-corrected chi connectivity index (χ4v) is 2.37. The van der Waals surface area contributed by atoms with E-state index in [4.69, 9.17) is 4.42 Å². The average Bonchev–Trinajstić information content (AvgIpc) is 2.80. The summed E-state index contributed by atoms with van der Waals surface area (Å²) in [7, 11) is 0. The first-order chi connectivity index (χ1) is 9.37. The highest BCUT2D eigenvalue weighted by atomic mass is 16.4. The first kappa shape index (κ1) is 14.6. The first-order valence-electron chi connectivity index (χ1n) is 6.92. The number of amides is 2. The summed E-state index contributed by atoms with van der Waals surface area (Å²) >= 11 is 0. The van der Waals surface area contributed by atoms with Gasteiger partial charge in [-0.25, -0.2) is 4.98 Å². The number of carbonyl (C=O) groups excluding carboxylic acids is 2. The van der Waals surface area contributed by atoms with Crippen molar-refractivity contribution in [2.45, 2.75) is 52.1 Å². The first-order valence-corrected chi connectivity index (χ1v) is 6.92. The molecule has 6 heteroatoms. The van der Waals surface area contributed by atoms with Crippen LogP contribution in [0.3, 0.4) is 0 Å². The molecule has 2 atom stereocenters. The van der Waals surface area contributed by atoms with E-state index in [9.17, 15) is 9.59 Å². The molecule has 0 saturated carbocycles. The van der Waals surface area contributed by atoms with Gasteiger partial charge in [0.2, 0.25) is 17.7 Å². The largest absolute Gasteiger partial charge is 0.444 e. The molecule has 1 fully saturated rings. The molecule has 1 N–H and O–H groups in total. The molecule has 1 aliphatic heterocycles. The number of carbonyl (C=O) groups is 2. The second-order valence-electron chi connectivity index (χ2n) is 5.47. The fraction of sp³-hybridized carbons (Fsp3) is 0.643. The van der Waals surface area contributed by atoms with Crippen LogP contribution < -0.4 is 5.32 Å². The number of nitrogens with zero attached hydrogens (tertiary/aromatic N) is 2. The van der Waals surface area contributed by atoms with Crippen LogP contribution in [0.15, 0.2) is 10.6 Å². The molecule has 20 heavy (non-hydrogen) atoms. The van der Waals surface area contributed by atoms with Crippen LogP contribution >= 0.6 is 0 Å². The van der Waals surface area contributed by atoms with E-state index in [2.05, 4.69) is 10.3 Å². The third-order valence-electron chi connectivity index (χ3n) is 3.90. The Morgan fingerprint density at radius 1 is 1.55 bits per heavy atom. The van der Waals surface area contributed by atoms with Crippen molar-refractivity contribution in [3.63, 3.8) is 0 Å². The molecule has 6 nitrogen and oxygen atoms in total. The zero-order valence-corrected chi connectivity index (χ0v) is 12.4. The maximum absolute atomic E-state index is 12.7. The smallest absolute Gasteiger partial charge is 0.248 e. The van der Waals surface area contributed by atoms with Gasteiger partial charge in [0.05, 0.1) is 6.20 Å². The van der Waals surface area contributed by atoms with Gasteiger partial charge in [0.15, 0.2) is 0 Å². The molecule has 2 heterocycles. The van der Waals surface area contributed by atoms with E-state index in [1.807, 2.05) is 20.8 Å². The van der Waals surface area contributed by atoms with Gasteiger partial charge in [0, 0.05) is 13.0 Å². The lowest BCUT2D eigenvalue weighted by Gasteiger charge is -2.33. The van der Waals surface area contributed by atoms with Crippen LogP contribution in [0.5, 0.6) is 0 Å². The fourth-order valence-electron chi connectivity index (χ4n) is 2.37. The second-order valence-corrected chi connectivity index (χ2v) is 5.47. The molecule has 0 bridgehead atoms. The minimum atomic E-state index is -0.858. The van der Waals surface area contributed by atoms with Crippen LogP contribution in [-0.2, 0) is 9.59 Å². The van der Waals surface area contributed by atoms with Gasteiger partial charge < -0.3 is 14.6 Å². The number of hydrogen-bond acceptors (Lipinski definition) is 4. The van der Waals surface area contributed by atoms with E-state index >= 15 is 0 Å². The van der Waals surface area contributed by atoms with Crippen molar-refractivity contribution in [1.82, 2.24) is 15.2 Å². The molecule has 1 aromatic rings. The zero-order valence-electron chi connectivity index (χ0n) is 12.4. The highest BCUT2D eigenvalue weighted by Gasteiger charge is 2.41. The molecule has 2 rings (SSSR count). The summed E-state index contributed by atoms with van der Waals surface area (Å²) in [5, 5.41) is 2.82. The Morgan fingerprint density at radius 2 is 2.25 bits per heavy atom. The van der Waals surface area contributed by atoms with Crippen molar-refractivity contribution in [2.24, 2.45) is 0 Å². The number of aromatic nitrogens is 1. The minimum Gasteiger partial charge on any atom is -0.444 e.